The second-order valence-corrected chi connectivity index (χ2v) is 5.93. The fourth-order valence-electron chi connectivity index (χ4n) is 2.41. The Morgan fingerprint density at radius 3 is 2.53 bits per heavy atom. The van der Waals surface area contributed by atoms with Crippen LogP contribution in [0.1, 0.15) is 44.7 Å². The van der Waals surface area contributed by atoms with Crippen molar-refractivity contribution in [1.82, 2.24) is 5.32 Å². The zero-order chi connectivity index (χ0) is 13.7. The zero-order valence-corrected chi connectivity index (χ0v) is 11.9. The maximum absolute atomic E-state index is 13.0. The smallest absolute Gasteiger partial charge is 0.123 e. The molecule has 1 aromatic rings. The summed E-state index contributed by atoms with van der Waals surface area (Å²) in [5.74, 6) is -0.169. The highest BCUT2D eigenvalue weighted by molar-refractivity contribution is 5.20. The molecule has 0 saturated carbocycles. The lowest BCUT2D eigenvalue weighted by Crippen LogP contribution is -2.48. The molecule has 1 aromatic carbocycles. The number of hydrogen-bond donors (Lipinski definition) is 1. The van der Waals surface area contributed by atoms with Gasteiger partial charge in [0.15, 0.2) is 0 Å². The highest BCUT2D eigenvalue weighted by Gasteiger charge is 2.33. The summed E-state index contributed by atoms with van der Waals surface area (Å²) in [6.07, 6.45) is 3.46. The highest BCUT2D eigenvalue weighted by Crippen LogP contribution is 2.27. The van der Waals surface area contributed by atoms with Gasteiger partial charge in [0.1, 0.15) is 5.82 Å². The van der Waals surface area contributed by atoms with Crippen molar-refractivity contribution < 1.29 is 9.13 Å². The molecule has 0 aromatic heterocycles. The lowest BCUT2D eigenvalue weighted by atomic mass is 9.88. The summed E-state index contributed by atoms with van der Waals surface area (Å²) >= 11 is 0. The molecule has 1 heterocycles. The minimum atomic E-state index is -0.169. The number of halogens is 1. The van der Waals surface area contributed by atoms with E-state index in [4.69, 9.17) is 4.74 Å². The van der Waals surface area contributed by atoms with Gasteiger partial charge in [-0.3, -0.25) is 0 Å². The van der Waals surface area contributed by atoms with Crippen molar-refractivity contribution in [1.29, 1.82) is 0 Å². The van der Waals surface area contributed by atoms with E-state index in [0.29, 0.717) is 6.04 Å². The topological polar surface area (TPSA) is 21.3 Å². The predicted octanol–water partition coefficient (Wildman–Crippen LogP) is 3.68. The summed E-state index contributed by atoms with van der Waals surface area (Å²) in [7, 11) is 0. The van der Waals surface area contributed by atoms with E-state index in [-0.39, 0.29) is 11.2 Å². The molecule has 0 spiro atoms. The molecule has 1 unspecified atom stereocenters. The van der Waals surface area contributed by atoms with E-state index < -0.39 is 0 Å². The molecule has 1 atom stereocenters. The van der Waals surface area contributed by atoms with Gasteiger partial charge in [-0.15, -0.1) is 0 Å². The van der Waals surface area contributed by atoms with Crippen molar-refractivity contribution in [2.45, 2.75) is 39.2 Å². The van der Waals surface area contributed by atoms with Gasteiger partial charge in [-0.1, -0.05) is 38.8 Å². The average molecular weight is 265 g/mol. The van der Waals surface area contributed by atoms with E-state index in [9.17, 15) is 4.39 Å². The van der Waals surface area contributed by atoms with E-state index in [1.54, 1.807) is 12.1 Å². The molecule has 2 nitrogen and oxygen atoms in total. The summed E-state index contributed by atoms with van der Waals surface area (Å²) in [5.41, 5.74) is 1.45. The van der Waals surface area contributed by atoms with E-state index in [0.717, 1.165) is 26.2 Å². The average Bonchev–Trinajstić information content (AvgIpc) is 2.38. The third-order valence-electron chi connectivity index (χ3n) is 3.80. The van der Waals surface area contributed by atoms with Gasteiger partial charge in [0, 0.05) is 18.0 Å². The fraction of sp³-hybridized carbons (Fsp3) is 0.625. The Kier molecular flexibility index (Phi) is 4.94. The molecule has 0 radical (unpaired) electrons. The van der Waals surface area contributed by atoms with Crippen molar-refractivity contribution in [3.05, 3.63) is 35.6 Å². The molecule has 3 heteroatoms. The van der Waals surface area contributed by atoms with Crippen LogP contribution in [0, 0.1) is 11.2 Å². The molecule has 1 aliphatic heterocycles. The normalized spacial score (nSPS) is 18.9. The molecule has 19 heavy (non-hydrogen) atoms. The number of ether oxygens (including phenoxy) is 1. The molecule has 106 valence electrons. The van der Waals surface area contributed by atoms with Crippen molar-refractivity contribution in [3.8, 4) is 0 Å². The highest BCUT2D eigenvalue weighted by atomic mass is 19.1. The van der Waals surface area contributed by atoms with Crippen molar-refractivity contribution in [2.75, 3.05) is 19.8 Å². The summed E-state index contributed by atoms with van der Waals surface area (Å²) in [4.78, 5) is 0. The van der Waals surface area contributed by atoms with Crippen LogP contribution in [-0.2, 0) is 4.74 Å². The molecule has 0 bridgehead atoms. The minimum Gasteiger partial charge on any atom is -0.380 e. The van der Waals surface area contributed by atoms with Crippen molar-refractivity contribution >= 4 is 0 Å². The van der Waals surface area contributed by atoms with Gasteiger partial charge in [-0.2, -0.15) is 0 Å². The SMILES string of the molecule is CCCCC(NCC1(C)COC1)c1ccc(F)cc1. The van der Waals surface area contributed by atoms with Gasteiger partial charge >= 0.3 is 0 Å². The number of unbranched alkanes of at least 4 members (excludes halogenated alkanes) is 1. The van der Waals surface area contributed by atoms with Gasteiger partial charge in [-0.05, 0) is 24.1 Å². The van der Waals surface area contributed by atoms with Crippen LogP contribution in [0.4, 0.5) is 4.39 Å². The first kappa shape index (κ1) is 14.5. The number of hydrogen-bond acceptors (Lipinski definition) is 2. The lowest BCUT2D eigenvalue weighted by Gasteiger charge is -2.39. The third-order valence-corrected chi connectivity index (χ3v) is 3.80. The third kappa shape index (κ3) is 4.02. The first-order valence-corrected chi connectivity index (χ1v) is 7.19. The van der Waals surface area contributed by atoms with E-state index in [2.05, 4.69) is 19.2 Å². The fourth-order valence-corrected chi connectivity index (χ4v) is 2.41. The van der Waals surface area contributed by atoms with Crippen LogP contribution in [0.15, 0.2) is 24.3 Å². The van der Waals surface area contributed by atoms with Crippen LogP contribution in [-0.4, -0.2) is 19.8 Å². The molecular weight excluding hydrogens is 241 g/mol. The Morgan fingerprint density at radius 2 is 2.00 bits per heavy atom. The van der Waals surface area contributed by atoms with Gasteiger partial charge < -0.3 is 10.1 Å². The number of rotatable bonds is 7. The van der Waals surface area contributed by atoms with Crippen molar-refractivity contribution in [2.24, 2.45) is 5.41 Å². The minimum absolute atomic E-state index is 0.169. The Labute approximate surface area is 115 Å². The zero-order valence-electron chi connectivity index (χ0n) is 11.9. The summed E-state index contributed by atoms with van der Waals surface area (Å²) in [6, 6.07) is 7.19. The molecule has 1 fully saturated rings. The lowest BCUT2D eigenvalue weighted by molar-refractivity contribution is -0.100. The quantitative estimate of drug-likeness (QED) is 0.812. The second-order valence-electron chi connectivity index (χ2n) is 5.93. The Balaban J connectivity index is 1.96. The molecule has 1 aliphatic rings. The first-order valence-electron chi connectivity index (χ1n) is 7.19. The van der Waals surface area contributed by atoms with E-state index >= 15 is 0 Å². The summed E-state index contributed by atoms with van der Waals surface area (Å²) in [5, 5.41) is 3.63. The molecule has 0 aliphatic carbocycles. The molecular formula is C16H24FNO. The Morgan fingerprint density at radius 1 is 1.32 bits per heavy atom. The van der Waals surface area contributed by atoms with Crippen molar-refractivity contribution in [3.63, 3.8) is 0 Å². The van der Waals surface area contributed by atoms with Crippen LogP contribution >= 0.6 is 0 Å². The summed E-state index contributed by atoms with van der Waals surface area (Å²) in [6.45, 7) is 7.07. The van der Waals surface area contributed by atoms with Crippen LogP contribution in [0.3, 0.4) is 0 Å². The maximum atomic E-state index is 13.0. The second kappa shape index (κ2) is 6.49. The van der Waals surface area contributed by atoms with Crippen LogP contribution in [0.2, 0.25) is 0 Å². The molecule has 1 saturated heterocycles. The largest absolute Gasteiger partial charge is 0.380 e. The maximum Gasteiger partial charge on any atom is 0.123 e. The molecule has 1 N–H and O–H groups in total. The monoisotopic (exact) mass is 265 g/mol. The van der Waals surface area contributed by atoms with Crippen LogP contribution in [0.5, 0.6) is 0 Å². The van der Waals surface area contributed by atoms with Gasteiger partial charge in [0.25, 0.3) is 0 Å². The van der Waals surface area contributed by atoms with E-state index in [1.807, 2.05) is 12.1 Å². The standard InChI is InChI=1S/C16H24FNO/c1-3-4-5-15(13-6-8-14(17)9-7-13)18-10-16(2)11-19-12-16/h6-9,15,18H,3-5,10-12H2,1-2H3. The van der Waals surface area contributed by atoms with Gasteiger partial charge in [0.2, 0.25) is 0 Å². The Hall–Kier alpha value is -0.930. The van der Waals surface area contributed by atoms with Crippen LogP contribution in [0.25, 0.3) is 0 Å². The first-order chi connectivity index (χ1) is 9.13. The van der Waals surface area contributed by atoms with Crippen LogP contribution < -0.4 is 5.32 Å². The van der Waals surface area contributed by atoms with E-state index in [1.165, 1.54) is 18.4 Å². The summed E-state index contributed by atoms with van der Waals surface area (Å²) < 4.78 is 18.3. The van der Waals surface area contributed by atoms with Gasteiger partial charge in [0.05, 0.1) is 13.2 Å². The van der Waals surface area contributed by atoms with Gasteiger partial charge in [-0.25, -0.2) is 4.39 Å². The molecule has 0 amide bonds. The number of benzene rings is 1. The molecule has 2 rings (SSSR count). The number of nitrogens with one attached hydrogen (secondary N) is 1. The Bertz CT molecular complexity index is 386. The predicted molar refractivity (Wildman–Crippen MR) is 75.6 cm³/mol.